The van der Waals surface area contributed by atoms with E-state index in [0.29, 0.717) is 23.4 Å². The highest BCUT2D eigenvalue weighted by Gasteiger charge is 2.24. The number of nitriles is 1. The van der Waals surface area contributed by atoms with Crippen LogP contribution in [-0.4, -0.2) is 30.4 Å². The van der Waals surface area contributed by atoms with Crippen molar-refractivity contribution in [3.8, 4) is 11.8 Å². The lowest BCUT2D eigenvalue weighted by Gasteiger charge is -2.28. The van der Waals surface area contributed by atoms with Gasteiger partial charge in [-0.25, -0.2) is 0 Å². The zero-order chi connectivity index (χ0) is 22.2. The SMILES string of the molecule is N#Cc1ccccc1COc1cccc(C(=O)NCC(c2ccccc2)N2CCCC2)c1. The molecule has 0 aliphatic carbocycles. The van der Waals surface area contributed by atoms with E-state index in [1.54, 1.807) is 18.2 Å². The molecule has 1 unspecified atom stereocenters. The van der Waals surface area contributed by atoms with Crippen molar-refractivity contribution in [2.45, 2.75) is 25.5 Å². The van der Waals surface area contributed by atoms with Crippen LogP contribution < -0.4 is 10.1 Å². The highest BCUT2D eigenvalue weighted by molar-refractivity contribution is 5.94. The Bertz CT molecular complexity index is 1090. The van der Waals surface area contributed by atoms with Crippen molar-refractivity contribution in [2.24, 2.45) is 0 Å². The van der Waals surface area contributed by atoms with Gasteiger partial charge in [-0.1, -0.05) is 54.6 Å². The summed E-state index contributed by atoms with van der Waals surface area (Å²) in [6.07, 6.45) is 2.40. The van der Waals surface area contributed by atoms with Crippen LogP contribution in [0, 0.1) is 11.3 Å². The highest BCUT2D eigenvalue weighted by Crippen LogP contribution is 2.24. The molecule has 1 heterocycles. The van der Waals surface area contributed by atoms with E-state index in [2.05, 4.69) is 28.4 Å². The maximum Gasteiger partial charge on any atom is 0.251 e. The molecule has 1 N–H and O–H groups in total. The maximum absolute atomic E-state index is 12.9. The summed E-state index contributed by atoms with van der Waals surface area (Å²) in [6, 6.07) is 27.2. The fourth-order valence-electron chi connectivity index (χ4n) is 4.12. The molecule has 5 nitrogen and oxygen atoms in total. The zero-order valence-corrected chi connectivity index (χ0v) is 18.0. The van der Waals surface area contributed by atoms with Gasteiger partial charge in [-0.3, -0.25) is 9.69 Å². The summed E-state index contributed by atoms with van der Waals surface area (Å²) in [5, 5.41) is 12.3. The Morgan fingerprint density at radius 1 is 1.00 bits per heavy atom. The van der Waals surface area contributed by atoms with Gasteiger partial charge in [0.05, 0.1) is 17.7 Å². The number of hydrogen-bond donors (Lipinski definition) is 1. The quantitative estimate of drug-likeness (QED) is 0.568. The second-order valence-corrected chi connectivity index (χ2v) is 7.97. The number of amides is 1. The fraction of sp³-hybridized carbons (Fsp3) is 0.259. The molecule has 1 atom stereocenters. The number of nitrogens with one attached hydrogen (secondary N) is 1. The van der Waals surface area contributed by atoms with Crippen LogP contribution in [0.15, 0.2) is 78.9 Å². The largest absolute Gasteiger partial charge is 0.489 e. The van der Waals surface area contributed by atoms with Crippen LogP contribution in [0.5, 0.6) is 5.75 Å². The van der Waals surface area contributed by atoms with Gasteiger partial charge >= 0.3 is 0 Å². The molecule has 5 heteroatoms. The summed E-state index contributed by atoms with van der Waals surface area (Å²) in [7, 11) is 0. The number of carbonyl (C=O) groups is 1. The van der Waals surface area contributed by atoms with Gasteiger partial charge in [0.2, 0.25) is 0 Å². The molecule has 1 aliphatic heterocycles. The number of benzene rings is 3. The van der Waals surface area contributed by atoms with E-state index in [1.165, 1.54) is 18.4 Å². The molecule has 1 fully saturated rings. The molecular weight excluding hydrogens is 398 g/mol. The normalized spacial score (nSPS) is 14.5. The van der Waals surface area contributed by atoms with Gasteiger partial charge in [-0.05, 0) is 55.8 Å². The van der Waals surface area contributed by atoms with Crippen LogP contribution in [0.4, 0.5) is 0 Å². The van der Waals surface area contributed by atoms with Gasteiger partial charge in [0, 0.05) is 17.7 Å². The molecule has 3 aromatic carbocycles. The summed E-state index contributed by atoms with van der Waals surface area (Å²) >= 11 is 0. The topological polar surface area (TPSA) is 65.4 Å². The summed E-state index contributed by atoms with van der Waals surface area (Å²) < 4.78 is 5.86. The van der Waals surface area contributed by atoms with Crippen LogP contribution in [0.1, 0.15) is 45.9 Å². The van der Waals surface area contributed by atoms with Crippen LogP contribution in [-0.2, 0) is 6.61 Å². The molecule has 1 aliphatic rings. The lowest BCUT2D eigenvalue weighted by molar-refractivity contribution is 0.0937. The van der Waals surface area contributed by atoms with Crippen molar-refractivity contribution in [2.75, 3.05) is 19.6 Å². The minimum Gasteiger partial charge on any atom is -0.489 e. The fourth-order valence-corrected chi connectivity index (χ4v) is 4.12. The summed E-state index contributed by atoms with van der Waals surface area (Å²) in [6.45, 7) is 2.95. The zero-order valence-electron chi connectivity index (χ0n) is 18.0. The predicted molar refractivity (Wildman–Crippen MR) is 124 cm³/mol. The third-order valence-corrected chi connectivity index (χ3v) is 5.85. The molecule has 162 valence electrons. The van der Waals surface area contributed by atoms with Crippen molar-refractivity contribution in [1.82, 2.24) is 10.2 Å². The average Bonchev–Trinajstić information content (AvgIpc) is 3.38. The van der Waals surface area contributed by atoms with Gasteiger partial charge in [0.15, 0.2) is 0 Å². The number of rotatable bonds is 8. The van der Waals surface area contributed by atoms with E-state index >= 15 is 0 Å². The summed E-state index contributed by atoms with van der Waals surface area (Å²) in [5.41, 5.74) is 3.20. The third-order valence-electron chi connectivity index (χ3n) is 5.85. The third kappa shape index (κ3) is 5.35. The Morgan fingerprint density at radius 2 is 1.75 bits per heavy atom. The van der Waals surface area contributed by atoms with Crippen molar-refractivity contribution in [3.05, 3.63) is 101 Å². The summed E-state index contributed by atoms with van der Waals surface area (Å²) in [4.78, 5) is 15.3. The first-order valence-electron chi connectivity index (χ1n) is 11.0. The van der Waals surface area contributed by atoms with Gasteiger partial charge in [0.1, 0.15) is 12.4 Å². The smallest absolute Gasteiger partial charge is 0.251 e. The summed E-state index contributed by atoms with van der Waals surface area (Å²) in [5.74, 6) is 0.484. The predicted octanol–water partition coefficient (Wildman–Crippen LogP) is 4.70. The Balaban J connectivity index is 1.40. The molecule has 0 radical (unpaired) electrons. The lowest BCUT2D eigenvalue weighted by Crippen LogP contribution is -2.36. The number of ether oxygens (including phenoxy) is 1. The molecule has 4 rings (SSSR count). The average molecular weight is 426 g/mol. The molecule has 0 bridgehead atoms. The van der Waals surface area contributed by atoms with Crippen molar-refractivity contribution >= 4 is 5.91 Å². The number of nitrogens with zero attached hydrogens (tertiary/aromatic N) is 2. The van der Waals surface area contributed by atoms with Crippen molar-refractivity contribution in [1.29, 1.82) is 5.26 Å². The first-order valence-corrected chi connectivity index (χ1v) is 11.0. The van der Waals surface area contributed by atoms with E-state index in [0.717, 1.165) is 18.7 Å². The second-order valence-electron chi connectivity index (χ2n) is 7.97. The highest BCUT2D eigenvalue weighted by atomic mass is 16.5. The molecule has 0 saturated carbocycles. The van der Waals surface area contributed by atoms with E-state index in [-0.39, 0.29) is 18.6 Å². The minimum absolute atomic E-state index is 0.118. The van der Waals surface area contributed by atoms with Crippen molar-refractivity contribution < 1.29 is 9.53 Å². The van der Waals surface area contributed by atoms with Crippen LogP contribution in [0.3, 0.4) is 0 Å². The molecule has 1 saturated heterocycles. The maximum atomic E-state index is 12.9. The molecule has 3 aromatic rings. The lowest BCUT2D eigenvalue weighted by atomic mass is 10.1. The number of carbonyl (C=O) groups excluding carboxylic acids is 1. The minimum atomic E-state index is -0.118. The Kier molecular flexibility index (Phi) is 7.16. The number of likely N-dealkylation sites (tertiary alicyclic amines) is 1. The first kappa shape index (κ1) is 21.6. The first-order chi connectivity index (χ1) is 15.7. The molecular formula is C27H27N3O2. The number of hydrogen-bond acceptors (Lipinski definition) is 4. The van der Waals surface area contributed by atoms with Crippen LogP contribution in [0.2, 0.25) is 0 Å². The van der Waals surface area contributed by atoms with Gasteiger partial charge in [-0.15, -0.1) is 0 Å². The van der Waals surface area contributed by atoms with E-state index in [1.807, 2.05) is 48.5 Å². The molecule has 1 amide bonds. The monoisotopic (exact) mass is 425 g/mol. The Labute approximate surface area is 189 Å². The van der Waals surface area contributed by atoms with Gasteiger partial charge in [-0.2, -0.15) is 5.26 Å². The van der Waals surface area contributed by atoms with E-state index < -0.39 is 0 Å². The molecule has 0 spiro atoms. The van der Waals surface area contributed by atoms with E-state index in [9.17, 15) is 10.1 Å². The van der Waals surface area contributed by atoms with Gasteiger partial charge in [0.25, 0.3) is 5.91 Å². The van der Waals surface area contributed by atoms with Crippen LogP contribution >= 0.6 is 0 Å². The van der Waals surface area contributed by atoms with E-state index in [4.69, 9.17) is 4.74 Å². The molecule has 32 heavy (non-hydrogen) atoms. The van der Waals surface area contributed by atoms with Crippen molar-refractivity contribution in [3.63, 3.8) is 0 Å². The van der Waals surface area contributed by atoms with Gasteiger partial charge < -0.3 is 10.1 Å². The Morgan fingerprint density at radius 3 is 2.53 bits per heavy atom. The Hall–Kier alpha value is -3.62. The molecule has 0 aromatic heterocycles. The second kappa shape index (κ2) is 10.6. The standard InChI is InChI=1S/C27H27N3O2/c28-18-23-11-4-5-12-24(23)20-32-25-14-8-13-22(17-25)27(31)29-19-26(30-15-6-7-16-30)21-9-2-1-3-10-21/h1-5,8-14,17,26H,6-7,15-16,19-20H2,(H,29,31). The van der Waals surface area contributed by atoms with Crippen LogP contribution in [0.25, 0.3) is 0 Å².